The van der Waals surface area contributed by atoms with E-state index in [0.29, 0.717) is 23.7 Å². The predicted molar refractivity (Wildman–Crippen MR) is 83.6 cm³/mol. The molecule has 21 heavy (non-hydrogen) atoms. The van der Waals surface area contributed by atoms with Gasteiger partial charge in [-0.05, 0) is 56.7 Å². The number of nitrogens with one attached hydrogen (secondary N) is 2. The van der Waals surface area contributed by atoms with Gasteiger partial charge in [-0.25, -0.2) is 0 Å². The maximum atomic E-state index is 11.2. The van der Waals surface area contributed by atoms with E-state index in [1.807, 2.05) is 13.0 Å². The number of nitrogens with zero attached hydrogens (tertiary/aromatic N) is 1. The summed E-state index contributed by atoms with van der Waals surface area (Å²) in [7, 11) is 0. The molecule has 2 aliphatic rings. The number of nitro groups is 1. The van der Waals surface area contributed by atoms with Crippen LogP contribution >= 0.6 is 0 Å². The fraction of sp³-hybridized carbons (Fsp3) is 0.625. The average Bonchev–Trinajstić information content (AvgIpc) is 3.08. The van der Waals surface area contributed by atoms with Gasteiger partial charge in [-0.15, -0.1) is 0 Å². The SMILES string of the molecule is Cc1ccc([N+](=O)[O-])c(NC2CCCC2C2CCCN2)c1. The van der Waals surface area contributed by atoms with Crippen LogP contribution in [0.2, 0.25) is 0 Å². The lowest BCUT2D eigenvalue weighted by Crippen LogP contribution is -2.38. The standard InChI is InChI=1S/C16H23N3O2/c1-11-7-8-16(19(20)21)15(10-11)18-14-5-2-4-12(14)13-6-3-9-17-13/h7-8,10,12-14,17-18H,2-6,9H2,1H3. The van der Waals surface area contributed by atoms with Crippen LogP contribution in [0.1, 0.15) is 37.7 Å². The smallest absolute Gasteiger partial charge is 0.292 e. The second kappa shape index (κ2) is 6.02. The van der Waals surface area contributed by atoms with Crippen LogP contribution in [0.15, 0.2) is 18.2 Å². The minimum absolute atomic E-state index is 0.186. The Kier molecular flexibility index (Phi) is 4.10. The van der Waals surface area contributed by atoms with Gasteiger partial charge >= 0.3 is 0 Å². The van der Waals surface area contributed by atoms with Crippen molar-refractivity contribution in [2.24, 2.45) is 5.92 Å². The molecule has 1 aromatic carbocycles. The highest BCUT2D eigenvalue weighted by Gasteiger charge is 2.35. The number of anilines is 1. The number of benzene rings is 1. The first-order valence-electron chi connectivity index (χ1n) is 7.90. The summed E-state index contributed by atoms with van der Waals surface area (Å²) in [6.45, 7) is 3.08. The van der Waals surface area contributed by atoms with Gasteiger partial charge in [0, 0.05) is 18.2 Å². The van der Waals surface area contributed by atoms with Gasteiger partial charge in [-0.2, -0.15) is 0 Å². The zero-order chi connectivity index (χ0) is 14.8. The van der Waals surface area contributed by atoms with Crippen LogP contribution in [0, 0.1) is 23.0 Å². The van der Waals surface area contributed by atoms with E-state index in [4.69, 9.17) is 0 Å². The fourth-order valence-electron chi connectivity index (χ4n) is 3.85. The molecule has 1 saturated heterocycles. The molecule has 0 spiro atoms. The Bertz CT molecular complexity index is 526. The molecule has 1 aliphatic heterocycles. The van der Waals surface area contributed by atoms with E-state index in [1.165, 1.54) is 25.7 Å². The Balaban J connectivity index is 1.79. The molecule has 1 aliphatic carbocycles. The second-order valence-electron chi connectivity index (χ2n) is 6.33. The summed E-state index contributed by atoms with van der Waals surface area (Å²) < 4.78 is 0. The molecule has 114 valence electrons. The molecule has 1 heterocycles. The van der Waals surface area contributed by atoms with E-state index in [0.717, 1.165) is 18.5 Å². The molecule has 0 aromatic heterocycles. The molecule has 1 saturated carbocycles. The summed E-state index contributed by atoms with van der Waals surface area (Å²) >= 11 is 0. The summed E-state index contributed by atoms with van der Waals surface area (Å²) in [5, 5.41) is 18.3. The molecule has 0 amide bonds. The summed E-state index contributed by atoms with van der Waals surface area (Å²) in [6, 6.07) is 6.23. The van der Waals surface area contributed by atoms with Crippen molar-refractivity contribution >= 4 is 11.4 Å². The van der Waals surface area contributed by atoms with Crippen LogP contribution in [0.25, 0.3) is 0 Å². The van der Waals surface area contributed by atoms with Crippen molar-refractivity contribution < 1.29 is 4.92 Å². The molecule has 5 nitrogen and oxygen atoms in total. The molecule has 0 bridgehead atoms. The molecule has 2 N–H and O–H groups in total. The summed E-state index contributed by atoms with van der Waals surface area (Å²) in [5.74, 6) is 0.590. The molecule has 3 rings (SSSR count). The predicted octanol–water partition coefficient (Wildman–Crippen LogP) is 3.24. The molecule has 1 aromatic rings. The van der Waals surface area contributed by atoms with Crippen LogP contribution in [0.5, 0.6) is 0 Å². The van der Waals surface area contributed by atoms with E-state index >= 15 is 0 Å². The lowest BCUT2D eigenvalue weighted by Gasteiger charge is -2.27. The Morgan fingerprint density at radius 2 is 2.14 bits per heavy atom. The lowest BCUT2D eigenvalue weighted by molar-refractivity contribution is -0.384. The number of hydrogen-bond acceptors (Lipinski definition) is 4. The first kappa shape index (κ1) is 14.3. The number of rotatable bonds is 4. The monoisotopic (exact) mass is 289 g/mol. The van der Waals surface area contributed by atoms with Gasteiger partial charge < -0.3 is 10.6 Å². The fourth-order valence-corrected chi connectivity index (χ4v) is 3.85. The van der Waals surface area contributed by atoms with Crippen molar-refractivity contribution in [2.45, 2.75) is 51.1 Å². The topological polar surface area (TPSA) is 67.2 Å². The minimum Gasteiger partial charge on any atom is -0.376 e. The van der Waals surface area contributed by atoms with Crippen molar-refractivity contribution in [1.82, 2.24) is 5.32 Å². The maximum Gasteiger partial charge on any atom is 0.292 e. The summed E-state index contributed by atoms with van der Waals surface area (Å²) in [6.07, 6.45) is 6.01. The third-order valence-corrected chi connectivity index (χ3v) is 4.87. The minimum atomic E-state index is -0.292. The Hall–Kier alpha value is -1.62. The second-order valence-corrected chi connectivity index (χ2v) is 6.33. The molecular weight excluding hydrogens is 266 g/mol. The van der Waals surface area contributed by atoms with Crippen LogP contribution in [0.4, 0.5) is 11.4 Å². The molecular formula is C16H23N3O2. The molecule has 3 atom stereocenters. The van der Waals surface area contributed by atoms with Gasteiger partial charge in [0.05, 0.1) is 4.92 Å². The molecule has 0 radical (unpaired) electrons. The van der Waals surface area contributed by atoms with Gasteiger partial charge in [-0.3, -0.25) is 10.1 Å². The van der Waals surface area contributed by atoms with E-state index < -0.39 is 0 Å². The summed E-state index contributed by atoms with van der Waals surface area (Å²) in [5.41, 5.74) is 1.91. The van der Waals surface area contributed by atoms with E-state index in [1.54, 1.807) is 12.1 Å². The largest absolute Gasteiger partial charge is 0.376 e. The van der Waals surface area contributed by atoms with E-state index in [-0.39, 0.29) is 10.6 Å². The highest BCUT2D eigenvalue weighted by Crippen LogP contribution is 2.36. The van der Waals surface area contributed by atoms with Crippen LogP contribution in [-0.2, 0) is 0 Å². The summed E-state index contributed by atoms with van der Waals surface area (Å²) in [4.78, 5) is 10.9. The highest BCUT2D eigenvalue weighted by atomic mass is 16.6. The third-order valence-electron chi connectivity index (χ3n) is 4.87. The molecule has 2 fully saturated rings. The van der Waals surface area contributed by atoms with E-state index in [9.17, 15) is 10.1 Å². The van der Waals surface area contributed by atoms with Gasteiger partial charge in [0.25, 0.3) is 5.69 Å². The van der Waals surface area contributed by atoms with Crippen molar-refractivity contribution in [3.05, 3.63) is 33.9 Å². The van der Waals surface area contributed by atoms with Crippen molar-refractivity contribution in [3.63, 3.8) is 0 Å². The van der Waals surface area contributed by atoms with Crippen molar-refractivity contribution in [1.29, 1.82) is 0 Å². The molecule has 3 unspecified atom stereocenters. The Labute approximate surface area is 125 Å². The zero-order valence-electron chi connectivity index (χ0n) is 12.5. The number of hydrogen-bond donors (Lipinski definition) is 2. The first-order chi connectivity index (χ1) is 10.1. The van der Waals surface area contributed by atoms with Gasteiger partial charge in [0.2, 0.25) is 0 Å². The van der Waals surface area contributed by atoms with Crippen LogP contribution in [0.3, 0.4) is 0 Å². The Morgan fingerprint density at radius 3 is 2.86 bits per heavy atom. The lowest BCUT2D eigenvalue weighted by atomic mass is 9.93. The zero-order valence-corrected chi connectivity index (χ0v) is 12.5. The van der Waals surface area contributed by atoms with Gasteiger partial charge in [-0.1, -0.05) is 12.5 Å². The third kappa shape index (κ3) is 3.02. The quantitative estimate of drug-likeness (QED) is 0.659. The van der Waals surface area contributed by atoms with Crippen molar-refractivity contribution in [3.8, 4) is 0 Å². The Morgan fingerprint density at radius 1 is 1.29 bits per heavy atom. The van der Waals surface area contributed by atoms with Crippen molar-refractivity contribution in [2.75, 3.05) is 11.9 Å². The average molecular weight is 289 g/mol. The number of aryl methyl sites for hydroxylation is 1. The van der Waals surface area contributed by atoms with Crippen LogP contribution in [-0.4, -0.2) is 23.6 Å². The molecule has 5 heteroatoms. The first-order valence-corrected chi connectivity index (χ1v) is 7.90. The normalized spacial score (nSPS) is 28.7. The maximum absolute atomic E-state index is 11.2. The van der Waals surface area contributed by atoms with E-state index in [2.05, 4.69) is 10.6 Å². The van der Waals surface area contributed by atoms with Crippen LogP contribution < -0.4 is 10.6 Å². The highest BCUT2D eigenvalue weighted by molar-refractivity contribution is 5.63. The van der Waals surface area contributed by atoms with Gasteiger partial charge in [0.15, 0.2) is 0 Å². The van der Waals surface area contributed by atoms with Gasteiger partial charge in [0.1, 0.15) is 5.69 Å². The number of nitro benzene ring substituents is 1.